The van der Waals surface area contributed by atoms with Crippen molar-refractivity contribution in [3.05, 3.63) is 41.2 Å². The SMILES string of the molecule is CC(C)COc1cc(OC2CCN(C)CC2)c2c(Nc3c(Cl)ccc4c3OOC4)ncnc2c1. The third-order valence-corrected chi connectivity index (χ3v) is 6.32. The number of fused-ring (bicyclic) bond motifs is 2. The second-order valence-electron chi connectivity index (χ2n) is 9.24. The molecule has 1 N–H and O–H groups in total. The zero-order valence-electron chi connectivity index (χ0n) is 19.6. The first-order valence-corrected chi connectivity index (χ1v) is 12.0. The van der Waals surface area contributed by atoms with E-state index >= 15 is 0 Å². The number of aromatic nitrogens is 2. The van der Waals surface area contributed by atoms with E-state index in [0.717, 1.165) is 48.1 Å². The first kappa shape index (κ1) is 23.0. The minimum absolute atomic E-state index is 0.106. The molecule has 0 amide bonds. The molecule has 2 aliphatic rings. The third-order valence-electron chi connectivity index (χ3n) is 6.01. The Morgan fingerprint density at radius 3 is 2.82 bits per heavy atom. The summed E-state index contributed by atoms with van der Waals surface area (Å²) in [6, 6.07) is 7.57. The lowest BCUT2D eigenvalue weighted by atomic mass is 10.1. The van der Waals surface area contributed by atoms with Crippen LogP contribution in [0.25, 0.3) is 10.9 Å². The highest BCUT2D eigenvalue weighted by molar-refractivity contribution is 6.33. The van der Waals surface area contributed by atoms with E-state index in [0.29, 0.717) is 47.2 Å². The van der Waals surface area contributed by atoms with Crippen LogP contribution in [0.5, 0.6) is 17.2 Å². The van der Waals surface area contributed by atoms with Gasteiger partial charge in [-0.05, 0) is 31.9 Å². The van der Waals surface area contributed by atoms with Crippen LogP contribution in [-0.2, 0) is 11.5 Å². The number of ether oxygens (including phenoxy) is 2. The van der Waals surface area contributed by atoms with Crippen molar-refractivity contribution in [3.63, 3.8) is 0 Å². The Morgan fingerprint density at radius 2 is 2.03 bits per heavy atom. The number of hydrogen-bond donors (Lipinski definition) is 1. The maximum Gasteiger partial charge on any atom is 0.196 e. The van der Waals surface area contributed by atoms with Gasteiger partial charge in [0.15, 0.2) is 5.75 Å². The van der Waals surface area contributed by atoms with Crippen molar-refractivity contribution in [1.82, 2.24) is 14.9 Å². The molecule has 1 aromatic heterocycles. The molecule has 3 aromatic rings. The molecule has 0 radical (unpaired) electrons. The lowest BCUT2D eigenvalue weighted by Crippen LogP contribution is -2.35. The smallest absolute Gasteiger partial charge is 0.196 e. The summed E-state index contributed by atoms with van der Waals surface area (Å²) in [5.74, 6) is 2.96. The van der Waals surface area contributed by atoms with E-state index in [9.17, 15) is 0 Å². The van der Waals surface area contributed by atoms with Crippen molar-refractivity contribution in [2.24, 2.45) is 5.92 Å². The minimum Gasteiger partial charge on any atom is -0.493 e. The molecule has 0 unspecified atom stereocenters. The van der Waals surface area contributed by atoms with Gasteiger partial charge in [0.25, 0.3) is 0 Å². The zero-order valence-corrected chi connectivity index (χ0v) is 20.4. The lowest BCUT2D eigenvalue weighted by molar-refractivity contribution is -0.194. The number of nitrogens with zero attached hydrogens (tertiary/aromatic N) is 3. The van der Waals surface area contributed by atoms with E-state index in [-0.39, 0.29) is 6.10 Å². The van der Waals surface area contributed by atoms with Gasteiger partial charge in [0.1, 0.15) is 42.0 Å². The van der Waals surface area contributed by atoms with Crippen molar-refractivity contribution >= 4 is 34.0 Å². The van der Waals surface area contributed by atoms with Crippen LogP contribution < -0.4 is 19.7 Å². The van der Waals surface area contributed by atoms with Gasteiger partial charge in [0.05, 0.1) is 22.5 Å². The van der Waals surface area contributed by atoms with Crippen LogP contribution in [0, 0.1) is 5.92 Å². The molecule has 0 saturated carbocycles. The molecule has 0 atom stereocenters. The van der Waals surface area contributed by atoms with Crippen LogP contribution in [0.4, 0.5) is 11.5 Å². The van der Waals surface area contributed by atoms with Gasteiger partial charge in [-0.15, -0.1) is 0 Å². The van der Waals surface area contributed by atoms with Crippen molar-refractivity contribution in [2.45, 2.75) is 39.4 Å². The summed E-state index contributed by atoms with van der Waals surface area (Å²) in [6.07, 6.45) is 3.53. The molecule has 2 aliphatic heterocycles. The Hall–Kier alpha value is -2.81. The number of benzene rings is 2. The van der Waals surface area contributed by atoms with Gasteiger partial charge in [-0.2, -0.15) is 4.89 Å². The van der Waals surface area contributed by atoms with Crippen LogP contribution in [0.3, 0.4) is 0 Å². The Balaban J connectivity index is 1.55. The summed E-state index contributed by atoms with van der Waals surface area (Å²) in [5.41, 5.74) is 2.24. The first-order valence-electron chi connectivity index (χ1n) is 11.6. The second-order valence-corrected chi connectivity index (χ2v) is 9.65. The van der Waals surface area contributed by atoms with Crippen molar-refractivity contribution in [3.8, 4) is 17.2 Å². The molecule has 180 valence electrons. The highest BCUT2D eigenvalue weighted by atomic mass is 35.5. The predicted molar refractivity (Wildman–Crippen MR) is 131 cm³/mol. The van der Waals surface area contributed by atoms with E-state index in [1.807, 2.05) is 24.3 Å². The predicted octanol–water partition coefficient (Wildman–Crippen LogP) is 5.36. The molecule has 8 nitrogen and oxygen atoms in total. The normalized spacial score (nSPS) is 16.5. The molecule has 0 aliphatic carbocycles. The number of nitrogens with one attached hydrogen (secondary N) is 1. The number of rotatable bonds is 7. The van der Waals surface area contributed by atoms with Crippen LogP contribution >= 0.6 is 11.6 Å². The fraction of sp³-hybridized carbons (Fsp3) is 0.440. The van der Waals surface area contributed by atoms with Gasteiger partial charge in [-0.3, -0.25) is 0 Å². The number of hydrogen-bond acceptors (Lipinski definition) is 8. The minimum atomic E-state index is 0.106. The van der Waals surface area contributed by atoms with Crippen LogP contribution in [0.1, 0.15) is 32.3 Å². The van der Waals surface area contributed by atoms with E-state index in [4.69, 9.17) is 30.8 Å². The highest BCUT2D eigenvalue weighted by Crippen LogP contribution is 2.43. The van der Waals surface area contributed by atoms with Gasteiger partial charge in [-0.25, -0.2) is 9.97 Å². The molecule has 0 bridgehead atoms. The number of likely N-dealkylation sites (tertiary alicyclic amines) is 1. The van der Waals surface area contributed by atoms with E-state index in [1.54, 1.807) is 0 Å². The Kier molecular flexibility index (Phi) is 6.63. The number of piperidine rings is 1. The van der Waals surface area contributed by atoms with Gasteiger partial charge in [0, 0.05) is 30.8 Å². The highest BCUT2D eigenvalue weighted by Gasteiger charge is 2.24. The number of anilines is 2. The van der Waals surface area contributed by atoms with Crippen molar-refractivity contribution in [2.75, 3.05) is 32.1 Å². The second kappa shape index (κ2) is 9.82. The summed E-state index contributed by atoms with van der Waals surface area (Å²) in [4.78, 5) is 21.9. The number of halogens is 1. The third kappa shape index (κ3) is 4.85. The first-order chi connectivity index (χ1) is 16.5. The Labute approximate surface area is 204 Å². The van der Waals surface area contributed by atoms with Gasteiger partial charge in [-0.1, -0.05) is 31.5 Å². The topological polar surface area (TPSA) is 78.0 Å². The van der Waals surface area contributed by atoms with Crippen LogP contribution in [-0.4, -0.2) is 47.7 Å². The molecule has 9 heteroatoms. The summed E-state index contributed by atoms with van der Waals surface area (Å²) >= 11 is 6.52. The van der Waals surface area contributed by atoms with E-state index in [2.05, 4.69) is 41.1 Å². The van der Waals surface area contributed by atoms with Crippen LogP contribution in [0.2, 0.25) is 5.02 Å². The molecule has 0 spiro atoms. The fourth-order valence-corrected chi connectivity index (χ4v) is 4.34. The lowest BCUT2D eigenvalue weighted by Gasteiger charge is -2.30. The maximum absolute atomic E-state index is 6.55. The van der Waals surface area contributed by atoms with Gasteiger partial charge >= 0.3 is 0 Å². The maximum atomic E-state index is 6.55. The van der Waals surface area contributed by atoms with Gasteiger partial charge < -0.3 is 24.6 Å². The fourth-order valence-electron chi connectivity index (χ4n) is 4.14. The summed E-state index contributed by atoms with van der Waals surface area (Å²) < 4.78 is 12.6. The average molecular weight is 485 g/mol. The quantitative estimate of drug-likeness (QED) is 0.449. The summed E-state index contributed by atoms with van der Waals surface area (Å²) in [6.45, 7) is 7.21. The molecule has 2 aromatic carbocycles. The Bertz CT molecular complexity index is 1180. The molecule has 1 fully saturated rings. The van der Waals surface area contributed by atoms with Crippen molar-refractivity contribution < 1.29 is 19.2 Å². The summed E-state index contributed by atoms with van der Waals surface area (Å²) in [5, 5.41) is 4.63. The summed E-state index contributed by atoms with van der Waals surface area (Å²) in [7, 11) is 2.13. The molecule has 34 heavy (non-hydrogen) atoms. The largest absolute Gasteiger partial charge is 0.493 e. The zero-order chi connectivity index (χ0) is 23.7. The molecular formula is C25H29ClN4O4. The van der Waals surface area contributed by atoms with Gasteiger partial charge in [0.2, 0.25) is 0 Å². The standard InChI is InChI=1S/C25H29ClN4O4/c1-15(2)12-31-18-10-20-22(21(11-18)33-17-6-8-30(3)9-7-17)25(28-14-27-20)29-23-19(26)5-4-16-13-32-34-24(16)23/h4-5,10-11,14-15,17H,6-9,12-13H2,1-3H3,(H,27,28,29). The molecular weight excluding hydrogens is 456 g/mol. The van der Waals surface area contributed by atoms with Crippen LogP contribution in [0.15, 0.2) is 30.6 Å². The Morgan fingerprint density at radius 1 is 1.21 bits per heavy atom. The van der Waals surface area contributed by atoms with Crippen molar-refractivity contribution in [1.29, 1.82) is 0 Å². The monoisotopic (exact) mass is 484 g/mol. The van der Waals surface area contributed by atoms with E-state index in [1.165, 1.54) is 6.33 Å². The molecule has 5 rings (SSSR count). The molecule has 3 heterocycles. The molecule has 1 saturated heterocycles. The average Bonchev–Trinajstić information content (AvgIpc) is 3.30. The van der Waals surface area contributed by atoms with E-state index < -0.39 is 0 Å².